The number of hydrogen-bond donors (Lipinski definition) is 1. The molecule has 2 aromatic carbocycles. The summed E-state index contributed by atoms with van der Waals surface area (Å²) in [5, 5.41) is 1.06. The Bertz CT molecular complexity index is 1300. The molecule has 0 bridgehead atoms. The van der Waals surface area contributed by atoms with Crippen molar-refractivity contribution in [3.05, 3.63) is 59.3 Å². The van der Waals surface area contributed by atoms with Crippen molar-refractivity contribution in [3.63, 3.8) is 0 Å². The summed E-state index contributed by atoms with van der Waals surface area (Å²) in [4.78, 5) is 34.6. The van der Waals surface area contributed by atoms with Gasteiger partial charge in [-0.15, -0.1) is 0 Å². The summed E-state index contributed by atoms with van der Waals surface area (Å²) in [6.45, 7) is 9.50. The second kappa shape index (κ2) is 8.63. The van der Waals surface area contributed by atoms with Crippen molar-refractivity contribution in [2.45, 2.75) is 39.2 Å². The minimum Gasteiger partial charge on any atom is -0.493 e. The summed E-state index contributed by atoms with van der Waals surface area (Å²) in [6.07, 6.45) is 0. The van der Waals surface area contributed by atoms with Gasteiger partial charge < -0.3 is 24.3 Å². The van der Waals surface area contributed by atoms with E-state index in [2.05, 4.69) is 24.9 Å². The highest BCUT2D eigenvalue weighted by Gasteiger charge is 2.56. The summed E-state index contributed by atoms with van der Waals surface area (Å²) in [5.41, 5.74) is 2.63. The van der Waals surface area contributed by atoms with Crippen LogP contribution in [0.3, 0.4) is 0 Å². The predicted octanol–water partition coefficient (Wildman–Crippen LogP) is 4.26. The molecule has 7 heteroatoms. The molecule has 5 rings (SSSR count). The molecule has 2 aliphatic rings. The summed E-state index contributed by atoms with van der Waals surface area (Å²) < 4.78 is 11.7. The largest absolute Gasteiger partial charge is 0.493 e. The zero-order valence-corrected chi connectivity index (χ0v) is 21.1. The van der Waals surface area contributed by atoms with E-state index >= 15 is 0 Å². The lowest BCUT2D eigenvalue weighted by molar-refractivity contribution is -0.166. The van der Waals surface area contributed by atoms with Crippen LogP contribution in [0.5, 0.6) is 11.5 Å². The fourth-order valence-corrected chi connectivity index (χ4v) is 5.81. The second-order valence-electron chi connectivity index (χ2n) is 9.98. The standard InChI is InChI=1S/C28H33N3O4/c1-6-35-25-18(11-9-13-22(25)34-5)20-15-31-23(32)16-30(14-17(2)3)27(33)28(31,4)26-24(20)19-10-7-8-12-21(19)29-26/h7-13,17,20,29H,6,14-16H2,1-5H3. The monoisotopic (exact) mass is 475 g/mol. The number of methoxy groups -OCH3 is 1. The Morgan fingerprint density at radius 2 is 1.91 bits per heavy atom. The number of carbonyl (C=O) groups excluding carboxylic acids is 2. The summed E-state index contributed by atoms with van der Waals surface area (Å²) in [6, 6.07) is 14.0. The number of nitrogens with zero attached hydrogens (tertiary/aromatic N) is 2. The molecule has 1 N–H and O–H groups in total. The fraction of sp³-hybridized carbons (Fsp3) is 0.429. The zero-order chi connectivity index (χ0) is 24.9. The summed E-state index contributed by atoms with van der Waals surface area (Å²) >= 11 is 0. The predicted molar refractivity (Wildman–Crippen MR) is 135 cm³/mol. The average molecular weight is 476 g/mol. The number of amides is 2. The van der Waals surface area contributed by atoms with Crippen molar-refractivity contribution >= 4 is 22.7 Å². The van der Waals surface area contributed by atoms with Crippen molar-refractivity contribution in [3.8, 4) is 11.5 Å². The third-order valence-corrected chi connectivity index (χ3v) is 7.30. The van der Waals surface area contributed by atoms with Crippen molar-refractivity contribution in [1.29, 1.82) is 0 Å². The van der Waals surface area contributed by atoms with Crippen LogP contribution in [-0.4, -0.2) is 59.9 Å². The molecule has 1 saturated heterocycles. The number of para-hydroxylation sites is 2. The van der Waals surface area contributed by atoms with E-state index in [-0.39, 0.29) is 30.2 Å². The number of aromatic amines is 1. The highest BCUT2D eigenvalue weighted by molar-refractivity contribution is 6.01. The molecule has 184 valence electrons. The molecule has 0 aliphatic carbocycles. The Hall–Kier alpha value is -3.48. The molecule has 2 amide bonds. The minimum absolute atomic E-state index is 0.0345. The van der Waals surface area contributed by atoms with Crippen molar-refractivity contribution in [1.82, 2.24) is 14.8 Å². The van der Waals surface area contributed by atoms with Gasteiger partial charge in [0.15, 0.2) is 17.0 Å². The number of benzene rings is 2. The van der Waals surface area contributed by atoms with Gasteiger partial charge in [0.2, 0.25) is 5.91 Å². The van der Waals surface area contributed by atoms with Gasteiger partial charge in [0.1, 0.15) is 0 Å². The van der Waals surface area contributed by atoms with E-state index in [1.54, 1.807) is 16.9 Å². The zero-order valence-electron chi connectivity index (χ0n) is 21.1. The Labute approximate surface area is 206 Å². The number of fused-ring (bicyclic) bond motifs is 5. The van der Waals surface area contributed by atoms with E-state index in [0.29, 0.717) is 31.2 Å². The molecule has 2 atom stereocenters. The van der Waals surface area contributed by atoms with Crippen LogP contribution in [0.4, 0.5) is 0 Å². The molecule has 2 unspecified atom stereocenters. The number of H-pyrrole nitrogens is 1. The van der Waals surface area contributed by atoms with Gasteiger partial charge in [-0.1, -0.05) is 44.2 Å². The van der Waals surface area contributed by atoms with Gasteiger partial charge in [-0.3, -0.25) is 9.59 Å². The first-order chi connectivity index (χ1) is 16.8. The average Bonchev–Trinajstić information content (AvgIpc) is 3.23. The first-order valence-electron chi connectivity index (χ1n) is 12.3. The van der Waals surface area contributed by atoms with Crippen LogP contribution in [-0.2, 0) is 15.1 Å². The number of nitrogens with one attached hydrogen (secondary N) is 1. The van der Waals surface area contributed by atoms with Gasteiger partial charge in [-0.2, -0.15) is 0 Å². The molecular weight excluding hydrogens is 442 g/mol. The third-order valence-electron chi connectivity index (χ3n) is 7.30. The van der Waals surface area contributed by atoms with Crippen LogP contribution in [0.1, 0.15) is 50.4 Å². The van der Waals surface area contributed by atoms with Crippen LogP contribution in [0, 0.1) is 5.92 Å². The maximum atomic E-state index is 14.0. The van der Waals surface area contributed by atoms with E-state index in [1.807, 2.05) is 50.2 Å². The lowest BCUT2D eigenvalue weighted by Crippen LogP contribution is -2.67. The number of hydrogen-bond acceptors (Lipinski definition) is 4. The smallest absolute Gasteiger partial charge is 0.254 e. The van der Waals surface area contributed by atoms with Gasteiger partial charge in [0.05, 0.1) is 26.0 Å². The molecule has 1 fully saturated rings. The Morgan fingerprint density at radius 1 is 1.14 bits per heavy atom. The van der Waals surface area contributed by atoms with Crippen LogP contribution >= 0.6 is 0 Å². The van der Waals surface area contributed by atoms with Crippen LogP contribution in [0.2, 0.25) is 0 Å². The van der Waals surface area contributed by atoms with Crippen molar-refractivity contribution < 1.29 is 19.1 Å². The van der Waals surface area contributed by atoms with E-state index in [9.17, 15) is 9.59 Å². The number of aromatic nitrogens is 1. The third kappa shape index (κ3) is 3.48. The second-order valence-corrected chi connectivity index (χ2v) is 9.98. The molecule has 7 nitrogen and oxygen atoms in total. The van der Waals surface area contributed by atoms with E-state index in [0.717, 1.165) is 27.7 Å². The van der Waals surface area contributed by atoms with Gasteiger partial charge in [-0.25, -0.2) is 0 Å². The molecule has 0 saturated carbocycles. The molecule has 1 aromatic heterocycles. The molecule has 3 heterocycles. The number of piperazine rings is 1. The normalized spacial score (nSPS) is 21.9. The maximum absolute atomic E-state index is 14.0. The van der Waals surface area contributed by atoms with E-state index in [4.69, 9.17) is 9.47 Å². The summed E-state index contributed by atoms with van der Waals surface area (Å²) in [7, 11) is 1.63. The molecule has 3 aromatic rings. The van der Waals surface area contributed by atoms with E-state index in [1.165, 1.54) is 0 Å². The first kappa shape index (κ1) is 23.3. The lowest BCUT2D eigenvalue weighted by atomic mass is 9.76. The van der Waals surface area contributed by atoms with Gasteiger partial charge in [0.25, 0.3) is 5.91 Å². The quantitative estimate of drug-likeness (QED) is 0.578. The molecule has 0 spiro atoms. The first-order valence-corrected chi connectivity index (χ1v) is 12.3. The molecule has 35 heavy (non-hydrogen) atoms. The number of carbonyl (C=O) groups is 2. The van der Waals surface area contributed by atoms with Crippen LogP contribution in [0.25, 0.3) is 10.9 Å². The Morgan fingerprint density at radius 3 is 2.63 bits per heavy atom. The molecular formula is C28H33N3O4. The van der Waals surface area contributed by atoms with Gasteiger partial charge in [-0.05, 0) is 37.5 Å². The topological polar surface area (TPSA) is 74.9 Å². The van der Waals surface area contributed by atoms with Crippen LogP contribution in [0.15, 0.2) is 42.5 Å². The van der Waals surface area contributed by atoms with Gasteiger partial charge in [0, 0.05) is 35.5 Å². The van der Waals surface area contributed by atoms with Crippen LogP contribution < -0.4 is 9.47 Å². The number of rotatable bonds is 6. The Kier molecular flexibility index (Phi) is 5.74. The molecule has 0 radical (unpaired) electrons. The minimum atomic E-state index is -1.10. The van der Waals surface area contributed by atoms with Crippen molar-refractivity contribution in [2.24, 2.45) is 5.92 Å². The lowest BCUT2D eigenvalue weighted by Gasteiger charge is -2.51. The van der Waals surface area contributed by atoms with Gasteiger partial charge >= 0.3 is 0 Å². The SMILES string of the molecule is CCOc1c(OC)cccc1C1CN2C(=O)CN(CC(C)C)C(=O)C2(C)c2[nH]c3ccccc3c21. The summed E-state index contributed by atoms with van der Waals surface area (Å²) in [5.74, 6) is 1.35. The van der Waals surface area contributed by atoms with E-state index < -0.39 is 5.54 Å². The highest BCUT2D eigenvalue weighted by Crippen LogP contribution is 2.50. The Balaban J connectivity index is 1.76. The van der Waals surface area contributed by atoms with Crippen molar-refractivity contribution in [2.75, 3.05) is 33.4 Å². The maximum Gasteiger partial charge on any atom is 0.254 e. The highest BCUT2D eigenvalue weighted by atomic mass is 16.5. The molecule has 2 aliphatic heterocycles. The number of ether oxygens (including phenoxy) is 2. The fourth-order valence-electron chi connectivity index (χ4n) is 5.81.